The molecule has 3 N–H and O–H groups in total. The van der Waals surface area contributed by atoms with E-state index in [1.54, 1.807) is 30.3 Å². The molecule has 1 heterocycles. The van der Waals surface area contributed by atoms with E-state index in [-0.39, 0.29) is 108 Å². The number of fused-ring (bicyclic) bond motifs is 1. The smallest absolute Gasteiger partial charge is 0.870 e. The van der Waals surface area contributed by atoms with Crippen molar-refractivity contribution in [1.29, 1.82) is 0 Å². The first-order valence-corrected chi connectivity index (χ1v) is 6.91. The largest absolute Gasteiger partial charge is 1.00 e. The predicted molar refractivity (Wildman–Crippen MR) is 91.3 cm³/mol. The number of aliphatic imine (C=N–C) groups is 1. The number of benzene rings is 2. The summed E-state index contributed by atoms with van der Waals surface area (Å²) in [6.07, 6.45) is 0. The summed E-state index contributed by atoms with van der Waals surface area (Å²) in [5, 5.41) is 12.3. The Balaban J connectivity index is 0.00000192. The summed E-state index contributed by atoms with van der Waals surface area (Å²) in [5.74, 6) is -1.98. The van der Waals surface area contributed by atoms with Crippen LogP contribution in [0.4, 0.5) is 5.69 Å². The predicted octanol–water partition coefficient (Wildman–Crippen LogP) is -0.971. The number of carboxylic acid groups (broad SMARTS) is 1. The number of anilines is 1. The average Bonchev–Trinajstić information content (AvgIpc) is 2.64. The van der Waals surface area contributed by atoms with Gasteiger partial charge in [0.25, 0.3) is 5.91 Å². The number of amides is 1. The van der Waals surface area contributed by atoms with E-state index in [0.717, 1.165) is 0 Å². The van der Waals surface area contributed by atoms with E-state index in [1.807, 2.05) is 18.2 Å². The zero-order valence-electron chi connectivity index (χ0n) is 13.7. The summed E-state index contributed by atoms with van der Waals surface area (Å²) >= 11 is 6.03. The van der Waals surface area contributed by atoms with Gasteiger partial charge in [0.1, 0.15) is 0 Å². The fourth-order valence-corrected chi connectivity index (χ4v) is 2.45. The van der Waals surface area contributed by atoms with E-state index in [1.165, 1.54) is 0 Å². The first kappa shape index (κ1) is 25.6. The Hall–Kier alpha value is 0.573. The number of aliphatic carboxylic acids is 1. The monoisotopic (exact) mass is 409 g/mol. The van der Waals surface area contributed by atoms with Crippen LogP contribution < -0.4 is 56.7 Å². The second kappa shape index (κ2) is 11.4. The number of nitrogens with zero attached hydrogens (tertiary/aromatic N) is 1. The summed E-state index contributed by atoms with van der Waals surface area (Å²) < 4.78 is 0. The number of rotatable bonds is 2. The number of halogens is 1. The van der Waals surface area contributed by atoms with Crippen molar-refractivity contribution in [3.8, 4) is 0 Å². The SMILES string of the molecule is O=C(O)C1N=C(c2ccccc2)c2cc(Cl)ccc2NC1=O.[K+].[K].[OH-]. The van der Waals surface area contributed by atoms with Crippen molar-refractivity contribution in [3.05, 3.63) is 64.7 Å². The maximum absolute atomic E-state index is 12.0. The molecular weight excluding hydrogens is 398 g/mol. The Labute approximate surface area is 234 Å². The summed E-state index contributed by atoms with van der Waals surface area (Å²) in [6, 6.07) is 12.5. The van der Waals surface area contributed by atoms with Gasteiger partial charge in [-0.05, 0) is 18.2 Å². The van der Waals surface area contributed by atoms with Crippen molar-refractivity contribution < 1.29 is 71.6 Å². The average molecular weight is 410 g/mol. The van der Waals surface area contributed by atoms with Gasteiger partial charge in [-0.25, -0.2) is 4.79 Å². The number of hydrogen-bond acceptors (Lipinski definition) is 4. The molecule has 119 valence electrons. The minimum atomic E-state index is -1.50. The van der Waals surface area contributed by atoms with Crippen molar-refractivity contribution in [1.82, 2.24) is 0 Å². The first-order valence-electron chi connectivity index (χ1n) is 6.53. The molecule has 25 heavy (non-hydrogen) atoms. The fourth-order valence-electron chi connectivity index (χ4n) is 2.27. The Morgan fingerprint density at radius 3 is 2.40 bits per heavy atom. The number of carbonyl (C=O) groups excluding carboxylic acids is 1. The molecule has 2 aromatic carbocycles. The molecule has 1 atom stereocenters. The van der Waals surface area contributed by atoms with Crippen LogP contribution in [-0.2, 0) is 9.59 Å². The minimum Gasteiger partial charge on any atom is -0.870 e. The van der Waals surface area contributed by atoms with Gasteiger partial charge in [0.2, 0.25) is 6.04 Å². The van der Waals surface area contributed by atoms with Crippen LogP contribution in [0.15, 0.2) is 53.5 Å². The van der Waals surface area contributed by atoms with Crippen molar-refractivity contribution in [2.75, 3.05) is 5.32 Å². The molecule has 0 saturated carbocycles. The molecule has 0 aromatic heterocycles. The Morgan fingerprint density at radius 2 is 1.80 bits per heavy atom. The minimum absolute atomic E-state index is 0. The van der Waals surface area contributed by atoms with Crippen LogP contribution in [0.3, 0.4) is 0 Å². The number of carbonyl (C=O) groups is 2. The normalized spacial score (nSPS) is 15.0. The molecule has 1 aliphatic rings. The molecule has 2 aromatic rings. The van der Waals surface area contributed by atoms with Crippen LogP contribution in [0.25, 0.3) is 0 Å². The van der Waals surface area contributed by atoms with Gasteiger partial charge < -0.3 is 15.9 Å². The third-order valence-electron chi connectivity index (χ3n) is 3.28. The molecule has 0 bridgehead atoms. The second-order valence-corrected chi connectivity index (χ2v) is 5.20. The molecule has 0 spiro atoms. The molecule has 1 radical (unpaired) electrons. The van der Waals surface area contributed by atoms with Gasteiger partial charge in [-0.1, -0.05) is 41.9 Å². The molecular formula is C16H12ClK2N2O4. The van der Waals surface area contributed by atoms with Gasteiger partial charge >= 0.3 is 57.4 Å². The molecule has 0 aliphatic carbocycles. The van der Waals surface area contributed by atoms with Gasteiger partial charge in [-0.2, -0.15) is 0 Å². The van der Waals surface area contributed by atoms with E-state index >= 15 is 0 Å². The van der Waals surface area contributed by atoms with E-state index in [0.29, 0.717) is 27.5 Å². The summed E-state index contributed by atoms with van der Waals surface area (Å²) in [7, 11) is 0. The van der Waals surface area contributed by atoms with Gasteiger partial charge in [-0.15, -0.1) is 0 Å². The van der Waals surface area contributed by atoms with Crippen molar-refractivity contribution in [3.63, 3.8) is 0 Å². The van der Waals surface area contributed by atoms with E-state index < -0.39 is 17.9 Å². The molecule has 9 heteroatoms. The maximum Gasteiger partial charge on any atom is 1.00 e. The number of nitrogens with one attached hydrogen (secondary N) is 1. The molecule has 0 saturated heterocycles. The van der Waals surface area contributed by atoms with Crippen LogP contribution in [-0.4, -0.2) is 85.6 Å². The zero-order valence-corrected chi connectivity index (χ0v) is 20.7. The molecule has 3 rings (SSSR count). The van der Waals surface area contributed by atoms with Crippen molar-refractivity contribution in [2.45, 2.75) is 6.04 Å². The van der Waals surface area contributed by atoms with Crippen LogP contribution >= 0.6 is 11.6 Å². The molecule has 0 fully saturated rings. The van der Waals surface area contributed by atoms with Gasteiger partial charge in [-0.3, -0.25) is 9.79 Å². The maximum atomic E-state index is 12.0. The summed E-state index contributed by atoms with van der Waals surface area (Å²) in [6.45, 7) is 0. The van der Waals surface area contributed by atoms with Crippen LogP contribution in [0.2, 0.25) is 5.02 Å². The molecule has 1 aliphatic heterocycles. The number of benzodiazepines with no additional fused rings is 1. The third kappa shape index (κ3) is 6.03. The Kier molecular flexibility index (Phi) is 11.7. The Morgan fingerprint density at radius 1 is 1.16 bits per heavy atom. The summed E-state index contributed by atoms with van der Waals surface area (Å²) in [4.78, 5) is 27.5. The topological polar surface area (TPSA) is 109 Å². The van der Waals surface area contributed by atoms with Crippen molar-refractivity contribution >= 4 is 86.3 Å². The first-order chi connectivity index (χ1) is 10.6. The van der Waals surface area contributed by atoms with Crippen LogP contribution in [0.5, 0.6) is 0 Å². The number of hydrogen-bond donors (Lipinski definition) is 2. The third-order valence-corrected chi connectivity index (χ3v) is 3.52. The summed E-state index contributed by atoms with van der Waals surface area (Å²) in [5.41, 5.74) is 2.22. The van der Waals surface area contributed by atoms with Crippen LogP contribution in [0.1, 0.15) is 11.1 Å². The van der Waals surface area contributed by atoms with Crippen molar-refractivity contribution in [2.24, 2.45) is 4.99 Å². The quantitative estimate of drug-likeness (QED) is 0.491. The van der Waals surface area contributed by atoms with E-state index in [9.17, 15) is 14.7 Å². The van der Waals surface area contributed by atoms with E-state index in [4.69, 9.17) is 11.6 Å². The van der Waals surface area contributed by atoms with Gasteiger partial charge in [0.05, 0.1) is 11.4 Å². The standard InChI is InChI=1S/C16H11ClN2O3.2K.H2O/c17-10-6-7-12-11(8-10)13(9-4-2-1-3-5-9)19-14(16(21)22)15(20)18-12;;;/h1-8,14H,(H,18,20)(H,21,22);;;1H2/q;;+1;/p-1. The fraction of sp³-hybridized carbons (Fsp3) is 0.0625. The molecule has 6 nitrogen and oxygen atoms in total. The van der Waals surface area contributed by atoms with Crippen LogP contribution in [0, 0.1) is 0 Å². The Bertz CT molecular complexity index is 800. The van der Waals surface area contributed by atoms with Gasteiger partial charge in [0, 0.05) is 67.5 Å². The van der Waals surface area contributed by atoms with E-state index in [2.05, 4.69) is 10.3 Å². The molecule has 1 unspecified atom stereocenters. The zero-order chi connectivity index (χ0) is 15.7. The molecule has 1 amide bonds. The van der Waals surface area contributed by atoms with Gasteiger partial charge in [0.15, 0.2) is 0 Å². The second-order valence-electron chi connectivity index (χ2n) is 4.76. The number of carboxylic acids is 1.